The highest BCUT2D eigenvalue weighted by atomic mass is 14.8. The van der Waals surface area contributed by atoms with Crippen molar-refractivity contribution in [2.24, 2.45) is 10.9 Å². The minimum atomic E-state index is 0.658. The predicted octanol–water partition coefficient (Wildman–Crippen LogP) is 6.18. The van der Waals surface area contributed by atoms with E-state index >= 15 is 0 Å². The van der Waals surface area contributed by atoms with Crippen LogP contribution in [0.25, 0.3) is 0 Å². The van der Waals surface area contributed by atoms with Gasteiger partial charge in [-0.15, -0.1) is 0 Å². The number of hydrogen-bond acceptors (Lipinski definition) is 3. The first kappa shape index (κ1) is 18.5. The number of nitrogens with one attached hydrogen (secondary N) is 1. The zero-order chi connectivity index (χ0) is 18.5. The summed E-state index contributed by atoms with van der Waals surface area (Å²) in [7, 11) is 0. The largest absolute Gasteiger partial charge is 0.303 e. The summed E-state index contributed by atoms with van der Waals surface area (Å²) in [4.78, 5) is 9.57. The van der Waals surface area contributed by atoms with Crippen molar-refractivity contribution in [2.45, 2.75) is 59.3 Å². The van der Waals surface area contributed by atoms with E-state index in [-0.39, 0.29) is 0 Å². The van der Waals surface area contributed by atoms with Crippen molar-refractivity contribution in [2.75, 3.05) is 0 Å². The predicted molar refractivity (Wildman–Crippen MR) is 110 cm³/mol. The van der Waals surface area contributed by atoms with E-state index in [2.05, 4.69) is 32.0 Å². The number of rotatable bonds is 5. The van der Waals surface area contributed by atoms with Gasteiger partial charge in [-0.25, -0.2) is 4.98 Å². The van der Waals surface area contributed by atoms with Gasteiger partial charge in [-0.05, 0) is 56.4 Å². The van der Waals surface area contributed by atoms with Gasteiger partial charge in [-0.2, -0.15) is 0 Å². The maximum atomic E-state index is 8.49. The van der Waals surface area contributed by atoms with Crippen molar-refractivity contribution in [1.82, 2.24) is 4.98 Å². The van der Waals surface area contributed by atoms with E-state index in [1.807, 2.05) is 25.1 Å². The van der Waals surface area contributed by atoms with E-state index in [4.69, 9.17) is 15.4 Å². The molecule has 1 aromatic carbocycles. The maximum Gasteiger partial charge on any atom is 0.0849 e. The van der Waals surface area contributed by atoms with Crippen LogP contribution in [0.2, 0.25) is 0 Å². The van der Waals surface area contributed by atoms with E-state index in [1.54, 1.807) is 0 Å². The van der Waals surface area contributed by atoms with Gasteiger partial charge in [-0.3, -0.25) is 4.99 Å². The van der Waals surface area contributed by atoms with Crippen LogP contribution in [0.1, 0.15) is 68.0 Å². The fourth-order valence-electron chi connectivity index (χ4n) is 3.80. The second kappa shape index (κ2) is 8.39. The molecule has 0 radical (unpaired) electrons. The molecule has 0 aliphatic heterocycles. The Bertz CT molecular complexity index is 794. The molecule has 1 saturated carbocycles. The smallest absolute Gasteiger partial charge is 0.0849 e. The molecule has 0 atom stereocenters. The number of hydrogen-bond donors (Lipinski definition) is 1. The van der Waals surface area contributed by atoms with Crippen LogP contribution in [-0.2, 0) is 0 Å². The van der Waals surface area contributed by atoms with Crippen LogP contribution in [0.3, 0.4) is 0 Å². The van der Waals surface area contributed by atoms with Crippen molar-refractivity contribution < 1.29 is 0 Å². The Kier molecular flexibility index (Phi) is 5.97. The Morgan fingerprint density at radius 3 is 2.31 bits per heavy atom. The monoisotopic (exact) mass is 347 g/mol. The lowest BCUT2D eigenvalue weighted by Crippen LogP contribution is -2.14. The first-order valence-electron chi connectivity index (χ1n) is 9.71. The Morgan fingerprint density at radius 1 is 1.00 bits per heavy atom. The zero-order valence-corrected chi connectivity index (χ0v) is 16.2. The molecule has 1 aliphatic rings. The molecule has 136 valence electrons. The summed E-state index contributed by atoms with van der Waals surface area (Å²) < 4.78 is 0. The van der Waals surface area contributed by atoms with Crippen LogP contribution >= 0.6 is 0 Å². The number of aryl methyl sites for hydroxylation is 2. The van der Waals surface area contributed by atoms with Crippen molar-refractivity contribution in [3.8, 4) is 0 Å². The average molecular weight is 348 g/mol. The van der Waals surface area contributed by atoms with Crippen LogP contribution in [0.15, 0.2) is 41.4 Å². The van der Waals surface area contributed by atoms with Crippen LogP contribution in [0.5, 0.6) is 0 Å². The molecule has 0 unspecified atom stereocenters. The third kappa shape index (κ3) is 4.46. The van der Waals surface area contributed by atoms with Crippen LogP contribution in [-0.4, -0.2) is 16.4 Å². The molecule has 0 bridgehead atoms. The van der Waals surface area contributed by atoms with E-state index in [1.165, 1.54) is 43.2 Å². The molecule has 2 aromatic rings. The molecule has 3 heteroatoms. The van der Waals surface area contributed by atoms with E-state index < -0.39 is 0 Å². The summed E-state index contributed by atoms with van der Waals surface area (Å²) in [6.07, 6.45) is 7.35. The normalized spacial score (nSPS) is 15.9. The van der Waals surface area contributed by atoms with Crippen molar-refractivity contribution >= 4 is 17.1 Å². The molecular formula is C23H29N3. The number of benzene rings is 1. The highest BCUT2D eigenvalue weighted by Crippen LogP contribution is 2.27. The minimum absolute atomic E-state index is 0.658. The van der Waals surface area contributed by atoms with Crippen LogP contribution in [0, 0.1) is 25.2 Å². The maximum absolute atomic E-state index is 8.49. The van der Waals surface area contributed by atoms with Gasteiger partial charge in [0.25, 0.3) is 0 Å². The molecule has 1 fully saturated rings. The van der Waals surface area contributed by atoms with Crippen molar-refractivity contribution in [1.29, 1.82) is 5.41 Å². The number of aromatic nitrogens is 1. The molecule has 0 amide bonds. The molecule has 1 heterocycles. The quantitative estimate of drug-likeness (QED) is 0.645. The van der Waals surface area contributed by atoms with Gasteiger partial charge in [0.05, 0.1) is 28.5 Å². The van der Waals surface area contributed by atoms with E-state index in [0.717, 1.165) is 29.2 Å². The van der Waals surface area contributed by atoms with Gasteiger partial charge in [0.2, 0.25) is 0 Å². The third-order valence-corrected chi connectivity index (χ3v) is 5.37. The summed E-state index contributed by atoms with van der Waals surface area (Å²) in [5.41, 5.74) is 6.58. The van der Waals surface area contributed by atoms with Gasteiger partial charge in [0.1, 0.15) is 0 Å². The molecule has 0 saturated heterocycles. The fraction of sp³-hybridized carbons (Fsp3) is 0.435. The van der Waals surface area contributed by atoms with Gasteiger partial charge in [-0.1, -0.05) is 56.4 Å². The number of aliphatic imine (C=N–C) groups is 1. The highest BCUT2D eigenvalue weighted by molar-refractivity contribution is 6.01. The van der Waals surface area contributed by atoms with Gasteiger partial charge in [0.15, 0.2) is 0 Å². The lowest BCUT2D eigenvalue weighted by Gasteiger charge is -2.21. The van der Waals surface area contributed by atoms with Crippen LogP contribution < -0.4 is 0 Å². The van der Waals surface area contributed by atoms with Gasteiger partial charge < -0.3 is 5.41 Å². The summed E-state index contributed by atoms with van der Waals surface area (Å²) in [6, 6.07) is 12.2. The minimum Gasteiger partial charge on any atom is -0.303 e. The third-order valence-electron chi connectivity index (χ3n) is 5.37. The molecule has 26 heavy (non-hydrogen) atoms. The standard InChI is InChI=1S/C23H29N3/c1-16-9-7-10-17(2)23(16)25-18(3)21-13-8-14-22(26-21)20(24)15-19-11-5-4-6-12-19/h7-10,13-14,19,24H,4-6,11-12,15H2,1-3H3. The summed E-state index contributed by atoms with van der Waals surface area (Å²) in [5, 5.41) is 8.49. The molecule has 0 spiro atoms. The SMILES string of the molecule is CC(=Nc1c(C)cccc1C)c1cccc(C(=N)CC2CCCCC2)n1. The Balaban J connectivity index is 1.80. The number of pyridine rings is 1. The Morgan fingerprint density at radius 2 is 1.62 bits per heavy atom. The second-order valence-electron chi connectivity index (χ2n) is 7.53. The van der Waals surface area contributed by atoms with Crippen molar-refractivity contribution in [3.63, 3.8) is 0 Å². The first-order valence-corrected chi connectivity index (χ1v) is 9.71. The summed E-state index contributed by atoms with van der Waals surface area (Å²) in [5.74, 6) is 0.658. The lowest BCUT2D eigenvalue weighted by atomic mass is 9.85. The Labute approximate surface area is 157 Å². The van der Waals surface area contributed by atoms with E-state index in [0.29, 0.717) is 11.6 Å². The lowest BCUT2D eigenvalue weighted by molar-refractivity contribution is 0.368. The highest BCUT2D eigenvalue weighted by Gasteiger charge is 2.17. The summed E-state index contributed by atoms with van der Waals surface area (Å²) >= 11 is 0. The first-order chi connectivity index (χ1) is 12.5. The van der Waals surface area contributed by atoms with Crippen LogP contribution in [0.4, 0.5) is 5.69 Å². The number of para-hydroxylation sites is 1. The molecular weight excluding hydrogens is 318 g/mol. The molecule has 1 N–H and O–H groups in total. The molecule has 3 rings (SSSR count). The van der Waals surface area contributed by atoms with Gasteiger partial charge in [0, 0.05) is 0 Å². The van der Waals surface area contributed by atoms with E-state index in [9.17, 15) is 0 Å². The number of nitrogens with zero attached hydrogens (tertiary/aromatic N) is 2. The zero-order valence-electron chi connectivity index (χ0n) is 16.2. The Hall–Kier alpha value is -2.29. The molecule has 1 aromatic heterocycles. The average Bonchev–Trinajstić information content (AvgIpc) is 2.65. The topological polar surface area (TPSA) is 49.1 Å². The molecule has 3 nitrogen and oxygen atoms in total. The molecule has 1 aliphatic carbocycles. The van der Waals surface area contributed by atoms with Gasteiger partial charge >= 0.3 is 0 Å². The second-order valence-corrected chi connectivity index (χ2v) is 7.53. The van der Waals surface area contributed by atoms with Crippen molar-refractivity contribution in [3.05, 3.63) is 58.9 Å². The summed E-state index contributed by atoms with van der Waals surface area (Å²) in [6.45, 7) is 6.17. The fourth-order valence-corrected chi connectivity index (χ4v) is 3.80.